The molecule has 2 aromatic rings. The highest BCUT2D eigenvalue weighted by Crippen LogP contribution is 2.21. The van der Waals surface area contributed by atoms with E-state index in [1.165, 1.54) is 12.4 Å². The van der Waals surface area contributed by atoms with Crippen LogP contribution in [-0.2, 0) is 6.42 Å². The predicted octanol–water partition coefficient (Wildman–Crippen LogP) is 1.94. The van der Waals surface area contributed by atoms with E-state index in [1.807, 2.05) is 0 Å². The standard InChI is InChI=1S/C11H12N4O3/c1-8-6-9(2-3-10(8)15(16)17)12-5-4-11-13-7-14-18-11/h2-3,6-7,12H,4-5H2,1H3. The first kappa shape index (κ1) is 12.0. The van der Waals surface area contributed by atoms with Crippen molar-refractivity contribution in [1.29, 1.82) is 0 Å². The Morgan fingerprint density at radius 2 is 2.33 bits per heavy atom. The Kier molecular flexibility index (Phi) is 3.52. The zero-order valence-electron chi connectivity index (χ0n) is 9.79. The van der Waals surface area contributed by atoms with Gasteiger partial charge in [-0.3, -0.25) is 10.1 Å². The number of hydrogen-bond acceptors (Lipinski definition) is 6. The van der Waals surface area contributed by atoms with Crippen LogP contribution in [0.2, 0.25) is 0 Å². The van der Waals surface area contributed by atoms with Crippen molar-refractivity contribution >= 4 is 11.4 Å². The molecular formula is C11H12N4O3. The second-order valence-electron chi connectivity index (χ2n) is 3.77. The van der Waals surface area contributed by atoms with E-state index in [0.717, 1.165) is 5.69 Å². The van der Waals surface area contributed by atoms with Gasteiger partial charge in [-0.05, 0) is 19.1 Å². The molecule has 0 radical (unpaired) electrons. The number of nitrogens with zero attached hydrogens (tertiary/aromatic N) is 3. The maximum absolute atomic E-state index is 10.7. The van der Waals surface area contributed by atoms with Crippen molar-refractivity contribution < 1.29 is 9.45 Å². The van der Waals surface area contributed by atoms with Gasteiger partial charge in [-0.15, -0.1) is 0 Å². The van der Waals surface area contributed by atoms with Gasteiger partial charge in [-0.2, -0.15) is 4.98 Å². The number of aryl methyl sites for hydroxylation is 1. The normalized spacial score (nSPS) is 10.3. The number of nitrogens with one attached hydrogen (secondary N) is 1. The summed E-state index contributed by atoms with van der Waals surface area (Å²) in [4.78, 5) is 14.2. The summed E-state index contributed by atoms with van der Waals surface area (Å²) < 4.78 is 4.86. The van der Waals surface area contributed by atoms with Crippen LogP contribution in [0.3, 0.4) is 0 Å². The fourth-order valence-corrected chi connectivity index (χ4v) is 1.59. The van der Waals surface area contributed by atoms with E-state index in [1.54, 1.807) is 19.1 Å². The molecule has 0 aliphatic heterocycles. The molecule has 1 N–H and O–H groups in total. The van der Waals surface area contributed by atoms with Crippen LogP contribution < -0.4 is 5.32 Å². The van der Waals surface area contributed by atoms with Gasteiger partial charge in [0.1, 0.15) is 0 Å². The zero-order valence-corrected chi connectivity index (χ0v) is 9.79. The molecule has 0 unspecified atom stereocenters. The minimum absolute atomic E-state index is 0.123. The first-order valence-electron chi connectivity index (χ1n) is 5.41. The van der Waals surface area contributed by atoms with Crippen molar-refractivity contribution in [3.63, 3.8) is 0 Å². The third-order valence-electron chi connectivity index (χ3n) is 2.47. The lowest BCUT2D eigenvalue weighted by Gasteiger charge is -2.05. The average molecular weight is 248 g/mol. The lowest BCUT2D eigenvalue weighted by molar-refractivity contribution is -0.385. The third kappa shape index (κ3) is 2.82. The molecule has 7 heteroatoms. The fraction of sp³-hybridized carbons (Fsp3) is 0.273. The van der Waals surface area contributed by atoms with Crippen LogP contribution in [-0.4, -0.2) is 21.6 Å². The van der Waals surface area contributed by atoms with Crippen LogP contribution in [0, 0.1) is 17.0 Å². The molecule has 0 aliphatic carbocycles. The molecule has 0 saturated heterocycles. The molecule has 0 amide bonds. The van der Waals surface area contributed by atoms with E-state index in [2.05, 4.69) is 15.5 Å². The third-order valence-corrected chi connectivity index (χ3v) is 2.47. The Labute approximate surface area is 103 Å². The van der Waals surface area contributed by atoms with Gasteiger partial charge in [-0.1, -0.05) is 5.16 Å². The lowest BCUT2D eigenvalue weighted by atomic mass is 10.2. The van der Waals surface area contributed by atoms with Crippen LogP contribution in [0.1, 0.15) is 11.5 Å². The van der Waals surface area contributed by atoms with Crippen LogP contribution in [0.5, 0.6) is 0 Å². The highest BCUT2D eigenvalue weighted by atomic mass is 16.6. The largest absolute Gasteiger partial charge is 0.385 e. The van der Waals surface area contributed by atoms with Crippen LogP contribution >= 0.6 is 0 Å². The summed E-state index contributed by atoms with van der Waals surface area (Å²) in [5.74, 6) is 0.557. The minimum atomic E-state index is -0.391. The van der Waals surface area contributed by atoms with Gasteiger partial charge < -0.3 is 9.84 Å². The van der Waals surface area contributed by atoms with Gasteiger partial charge in [0.05, 0.1) is 4.92 Å². The van der Waals surface area contributed by atoms with Gasteiger partial charge in [0.15, 0.2) is 6.33 Å². The molecule has 0 spiro atoms. The monoisotopic (exact) mass is 248 g/mol. The predicted molar refractivity (Wildman–Crippen MR) is 64.3 cm³/mol. The Hall–Kier alpha value is -2.44. The number of rotatable bonds is 5. The van der Waals surface area contributed by atoms with Gasteiger partial charge >= 0.3 is 0 Å². The maximum Gasteiger partial charge on any atom is 0.272 e. The fourth-order valence-electron chi connectivity index (χ4n) is 1.59. The van der Waals surface area contributed by atoms with E-state index < -0.39 is 4.92 Å². The van der Waals surface area contributed by atoms with Crippen LogP contribution in [0.25, 0.3) is 0 Å². The number of benzene rings is 1. The minimum Gasteiger partial charge on any atom is -0.385 e. The molecule has 0 atom stereocenters. The summed E-state index contributed by atoms with van der Waals surface area (Å²) in [6.45, 7) is 2.33. The summed E-state index contributed by atoms with van der Waals surface area (Å²) in [5.41, 5.74) is 1.58. The Balaban J connectivity index is 1.94. The molecular weight excluding hydrogens is 236 g/mol. The Morgan fingerprint density at radius 3 is 2.94 bits per heavy atom. The summed E-state index contributed by atoms with van der Waals surface area (Å²) >= 11 is 0. The van der Waals surface area contributed by atoms with Crippen molar-refractivity contribution in [2.45, 2.75) is 13.3 Å². The number of nitro groups is 1. The summed E-state index contributed by atoms with van der Waals surface area (Å²) in [6.07, 6.45) is 1.96. The van der Waals surface area contributed by atoms with Gasteiger partial charge in [0.2, 0.25) is 5.89 Å². The molecule has 1 aromatic carbocycles. The molecule has 1 heterocycles. The van der Waals surface area contributed by atoms with E-state index in [4.69, 9.17) is 4.52 Å². The zero-order chi connectivity index (χ0) is 13.0. The van der Waals surface area contributed by atoms with Crippen molar-refractivity contribution in [1.82, 2.24) is 10.1 Å². The molecule has 0 fully saturated rings. The van der Waals surface area contributed by atoms with E-state index in [0.29, 0.717) is 24.4 Å². The molecule has 94 valence electrons. The molecule has 1 aromatic heterocycles. The number of aromatic nitrogens is 2. The molecule has 7 nitrogen and oxygen atoms in total. The van der Waals surface area contributed by atoms with Crippen molar-refractivity contribution in [2.75, 3.05) is 11.9 Å². The smallest absolute Gasteiger partial charge is 0.272 e. The second-order valence-corrected chi connectivity index (χ2v) is 3.77. The first-order valence-corrected chi connectivity index (χ1v) is 5.41. The maximum atomic E-state index is 10.7. The quantitative estimate of drug-likeness (QED) is 0.641. The summed E-state index contributed by atoms with van der Waals surface area (Å²) in [6, 6.07) is 4.91. The van der Waals surface area contributed by atoms with Crippen molar-refractivity contribution in [3.8, 4) is 0 Å². The van der Waals surface area contributed by atoms with Crippen molar-refractivity contribution in [2.24, 2.45) is 0 Å². The van der Waals surface area contributed by atoms with Crippen LogP contribution in [0.15, 0.2) is 29.0 Å². The van der Waals surface area contributed by atoms with Gasteiger partial charge in [0.25, 0.3) is 5.69 Å². The topological polar surface area (TPSA) is 94.1 Å². The van der Waals surface area contributed by atoms with Crippen molar-refractivity contribution in [3.05, 3.63) is 46.1 Å². The first-order chi connectivity index (χ1) is 8.66. The molecule has 0 saturated carbocycles. The molecule has 2 rings (SSSR count). The Morgan fingerprint density at radius 1 is 1.50 bits per heavy atom. The van der Waals surface area contributed by atoms with E-state index in [-0.39, 0.29) is 5.69 Å². The van der Waals surface area contributed by atoms with Gasteiger partial charge in [-0.25, -0.2) is 0 Å². The molecule has 18 heavy (non-hydrogen) atoms. The number of anilines is 1. The highest BCUT2D eigenvalue weighted by molar-refractivity contribution is 5.53. The molecule has 0 bridgehead atoms. The summed E-state index contributed by atoms with van der Waals surface area (Å²) in [5, 5.41) is 17.3. The Bertz CT molecular complexity index is 539. The van der Waals surface area contributed by atoms with Crippen LogP contribution in [0.4, 0.5) is 11.4 Å². The average Bonchev–Trinajstić information content (AvgIpc) is 2.81. The van der Waals surface area contributed by atoms with Gasteiger partial charge in [0, 0.05) is 30.3 Å². The SMILES string of the molecule is Cc1cc(NCCc2ncno2)ccc1[N+](=O)[O-]. The second kappa shape index (κ2) is 5.26. The lowest BCUT2D eigenvalue weighted by Crippen LogP contribution is -2.05. The van der Waals surface area contributed by atoms with E-state index >= 15 is 0 Å². The number of hydrogen-bond donors (Lipinski definition) is 1. The highest BCUT2D eigenvalue weighted by Gasteiger charge is 2.09. The summed E-state index contributed by atoms with van der Waals surface area (Å²) in [7, 11) is 0. The van der Waals surface area contributed by atoms with E-state index in [9.17, 15) is 10.1 Å². The molecule has 0 aliphatic rings. The number of nitro benzene ring substituents is 1.